The molecule has 0 saturated carbocycles. The summed E-state index contributed by atoms with van der Waals surface area (Å²) in [5, 5.41) is 3.52. The van der Waals surface area contributed by atoms with E-state index in [-0.39, 0.29) is 0 Å². The van der Waals surface area contributed by atoms with Gasteiger partial charge in [0.2, 0.25) is 0 Å². The predicted octanol–water partition coefficient (Wildman–Crippen LogP) is 5.54. The van der Waals surface area contributed by atoms with Gasteiger partial charge in [0, 0.05) is 19.8 Å². The van der Waals surface area contributed by atoms with Gasteiger partial charge < -0.3 is 5.32 Å². The molecule has 0 saturated heterocycles. The van der Waals surface area contributed by atoms with Gasteiger partial charge in [-0.1, -0.05) is 29.8 Å². The molecule has 0 aliphatic heterocycles. The average molecular weight is 416 g/mol. The standard InChI is InChI=1S/C15H15BrIN/c1-10-4-3-5-12(8-10)11(2)18-13-6-7-15(17)14(16)9-13/h3-9,11,18H,1-2H3. The van der Waals surface area contributed by atoms with E-state index >= 15 is 0 Å². The van der Waals surface area contributed by atoms with Crippen LogP contribution in [0, 0.1) is 10.5 Å². The van der Waals surface area contributed by atoms with Gasteiger partial charge >= 0.3 is 0 Å². The second kappa shape index (κ2) is 6.06. The van der Waals surface area contributed by atoms with E-state index in [1.165, 1.54) is 14.7 Å². The Labute approximate surface area is 130 Å². The maximum Gasteiger partial charge on any atom is 0.0485 e. The van der Waals surface area contributed by atoms with E-state index in [1.54, 1.807) is 0 Å². The lowest BCUT2D eigenvalue weighted by molar-refractivity contribution is 0.882. The fourth-order valence-electron chi connectivity index (χ4n) is 1.86. The van der Waals surface area contributed by atoms with Crippen LogP contribution in [0.15, 0.2) is 46.9 Å². The van der Waals surface area contributed by atoms with Crippen molar-refractivity contribution in [3.63, 3.8) is 0 Å². The molecule has 0 radical (unpaired) electrons. The molecule has 1 atom stereocenters. The minimum atomic E-state index is 0.303. The highest BCUT2D eigenvalue weighted by Crippen LogP contribution is 2.26. The minimum absolute atomic E-state index is 0.303. The maximum absolute atomic E-state index is 3.56. The van der Waals surface area contributed by atoms with Gasteiger partial charge in [-0.05, 0) is 76.1 Å². The van der Waals surface area contributed by atoms with Crippen LogP contribution in [0.25, 0.3) is 0 Å². The number of rotatable bonds is 3. The summed E-state index contributed by atoms with van der Waals surface area (Å²) >= 11 is 5.87. The largest absolute Gasteiger partial charge is 0.378 e. The summed E-state index contributed by atoms with van der Waals surface area (Å²) in [6.07, 6.45) is 0. The van der Waals surface area contributed by atoms with Crippen LogP contribution in [0.2, 0.25) is 0 Å². The Morgan fingerprint density at radius 3 is 2.61 bits per heavy atom. The van der Waals surface area contributed by atoms with Crippen LogP contribution in [-0.4, -0.2) is 0 Å². The number of aryl methyl sites for hydroxylation is 1. The van der Waals surface area contributed by atoms with Crippen LogP contribution in [-0.2, 0) is 0 Å². The fraction of sp³-hybridized carbons (Fsp3) is 0.200. The highest BCUT2D eigenvalue weighted by molar-refractivity contribution is 14.1. The van der Waals surface area contributed by atoms with Gasteiger partial charge in [0.25, 0.3) is 0 Å². The molecule has 0 aliphatic rings. The van der Waals surface area contributed by atoms with Crippen molar-refractivity contribution in [3.8, 4) is 0 Å². The molecule has 0 fully saturated rings. The summed E-state index contributed by atoms with van der Waals surface area (Å²) in [7, 11) is 0. The van der Waals surface area contributed by atoms with E-state index in [0.29, 0.717) is 6.04 Å². The van der Waals surface area contributed by atoms with Crippen molar-refractivity contribution in [2.75, 3.05) is 5.32 Å². The first kappa shape index (κ1) is 13.9. The van der Waals surface area contributed by atoms with Crippen molar-refractivity contribution in [1.29, 1.82) is 0 Å². The molecule has 0 heterocycles. The Kier molecular flexibility index (Phi) is 4.67. The number of hydrogen-bond acceptors (Lipinski definition) is 1. The summed E-state index contributed by atoms with van der Waals surface area (Å²) in [6.45, 7) is 4.30. The van der Waals surface area contributed by atoms with Crippen LogP contribution < -0.4 is 5.32 Å². The summed E-state index contributed by atoms with van der Waals surface area (Å²) in [5.74, 6) is 0. The number of hydrogen-bond donors (Lipinski definition) is 1. The van der Waals surface area contributed by atoms with Gasteiger partial charge in [-0.2, -0.15) is 0 Å². The summed E-state index contributed by atoms with van der Waals surface area (Å²) < 4.78 is 2.35. The number of nitrogens with one attached hydrogen (secondary N) is 1. The molecular weight excluding hydrogens is 401 g/mol. The minimum Gasteiger partial charge on any atom is -0.378 e. The normalized spacial score (nSPS) is 12.2. The van der Waals surface area contributed by atoms with E-state index in [9.17, 15) is 0 Å². The topological polar surface area (TPSA) is 12.0 Å². The summed E-state index contributed by atoms with van der Waals surface area (Å²) in [5.41, 5.74) is 3.74. The number of halogens is 2. The van der Waals surface area contributed by atoms with E-state index < -0.39 is 0 Å². The monoisotopic (exact) mass is 415 g/mol. The quantitative estimate of drug-likeness (QED) is 0.649. The van der Waals surface area contributed by atoms with Crippen molar-refractivity contribution in [2.45, 2.75) is 19.9 Å². The van der Waals surface area contributed by atoms with Crippen LogP contribution in [0.5, 0.6) is 0 Å². The SMILES string of the molecule is Cc1cccc(C(C)Nc2ccc(I)c(Br)c2)c1. The Bertz CT molecular complexity index is 554. The summed E-state index contributed by atoms with van der Waals surface area (Å²) in [6, 6.07) is 15.2. The number of anilines is 1. The molecule has 0 aliphatic carbocycles. The molecule has 1 nitrogen and oxygen atoms in total. The molecule has 1 N–H and O–H groups in total. The van der Waals surface area contributed by atoms with Crippen molar-refractivity contribution < 1.29 is 0 Å². The molecule has 2 aromatic carbocycles. The first-order valence-electron chi connectivity index (χ1n) is 5.84. The van der Waals surface area contributed by atoms with Gasteiger partial charge in [-0.3, -0.25) is 0 Å². The molecule has 3 heteroatoms. The smallest absolute Gasteiger partial charge is 0.0485 e. The molecule has 18 heavy (non-hydrogen) atoms. The van der Waals surface area contributed by atoms with Gasteiger partial charge in [0.1, 0.15) is 0 Å². The zero-order valence-corrected chi connectivity index (χ0v) is 14.1. The van der Waals surface area contributed by atoms with E-state index in [0.717, 1.165) is 10.2 Å². The molecule has 1 unspecified atom stereocenters. The molecule has 0 aromatic heterocycles. The van der Waals surface area contributed by atoms with Gasteiger partial charge in [-0.25, -0.2) is 0 Å². The molecular formula is C15H15BrIN. The zero-order valence-electron chi connectivity index (χ0n) is 10.4. The fourth-order valence-corrected chi connectivity index (χ4v) is 2.57. The van der Waals surface area contributed by atoms with E-state index in [4.69, 9.17) is 0 Å². The highest BCUT2D eigenvalue weighted by atomic mass is 127. The lowest BCUT2D eigenvalue weighted by Crippen LogP contribution is -2.06. The molecule has 2 rings (SSSR count). The van der Waals surface area contributed by atoms with Crippen molar-refractivity contribution in [1.82, 2.24) is 0 Å². The Balaban J connectivity index is 2.16. The lowest BCUT2D eigenvalue weighted by atomic mass is 10.1. The second-order valence-electron chi connectivity index (χ2n) is 4.41. The van der Waals surface area contributed by atoms with Crippen LogP contribution in [0.4, 0.5) is 5.69 Å². The van der Waals surface area contributed by atoms with E-state index in [1.807, 2.05) is 0 Å². The Morgan fingerprint density at radius 1 is 1.17 bits per heavy atom. The molecule has 0 amide bonds. The zero-order chi connectivity index (χ0) is 13.1. The van der Waals surface area contributed by atoms with Crippen LogP contribution >= 0.6 is 38.5 Å². The molecule has 2 aromatic rings. The third-order valence-corrected chi connectivity index (χ3v) is 5.18. The third kappa shape index (κ3) is 3.48. The third-order valence-electron chi connectivity index (χ3n) is 2.84. The van der Waals surface area contributed by atoms with Gasteiger partial charge in [-0.15, -0.1) is 0 Å². The lowest BCUT2D eigenvalue weighted by Gasteiger charge is -2.16. The van der Waals surface area contributed by atoms with Gasteiger partial charge in [0.15, 0.2) is 0 Å². The van der Waals surface area contributed by atoms with Crippen LogP contribution in [0.3, 0.4) is 0 Å². The number of benzene rings is 2. The van der Waals surface area contributed by atoms with Crippen molar-refractivity contribution >= 4 is 44.2 Å². The van der Waals surface area contributed by atoms with Crippen LogP contribution in [0.1, 0.15) is 24.1 Å². The van der Waals surface area contributed by atoms with E-state index in [2.05, 4.69) is 100 Å². The average Bonchev–Trinajstić information content (AvgIpc) is 2.34. The van der Waals surface area contributed by atoms with Gasteiger partial charge in [0.05, 0.1) is 0 Å². The second-order valence-corrected chi connectivity index (χ2v) is 6.43. The predicted molar refractivity (Wildman–Crippen MR) is 90.1 cm³/mol. The summed E-state index contributed by atoms with van der Waals surface area (Å²) in [4.78, 5) is 0. The molecule has 0 bridgehead atoms. The first-order chi connectivity index (χ1) is 8.56. The Morgan fingerprint density at radius 2 is 1.94 bits per heavy atom. The first-order valence-corrected chi connectivity index (χ1v) is 7.71. The van der Waals surface area contributed by atoms with Crippen molar-refractivity contribution in [3.05, 3.63) is 61.6 Å². The maximum atomic E-state index is 3.56. The van der Waals surface area contributed by atoms with Crippen molar-refractivity contribution in [2.24, 2.45) is 0 Å². The highest BCUT2D eigenvalue weighted by Gasteiger charge is 2.06. The molecule has 94 valence electrons. The Hall–Kier alpha value is -0.550. The molecule has 0 spiro atoms.